The Kier molecular flexibility index (Phi) is 3.10. The van der Waals surface area contributed by atoms with Crippen LogP contribution in [0.3, 0.4) is 0 Å². The van der Waals surface area contributed by atoms with E-state index in [1.807, 2.05) is 0 Å². The molecule has 3 rings (SSSR count). The normalized spacial score (nSPS) is 36.4. The van der Waals surface area contributed by atoms with E-state index < -0.39 is 23.6 Å². The summed E-state index contributed by atoms with van der Waals surface area (Å²) < 4.78 is 0. The molecule has 0 aromatic carbocycles. The predicted molar refractivity (Wildman–Crippen MR) is 67.8 cm³/mol. The minimum atomic E-state index is -1.54. The summed E-state index contributed by atoms with van der Waals surface area (Å²) in [5.41, 5.74) is -1.09. The van der Waals surface area contributed by atoms with Gasteiger partial charge < -0.3 is 20.0 Å². The SMILES string of the molecule is O=C1C=C[C@@]2(CC(C(=O)N3CCCC3)=NO2)[C@@H](O)[C@H]1O. The zero-order valence-corrected chi connectivity index (χ0v) is 10.9. The summed E-state index contributed by atoms with van der Waals surface area (Å²) in [6.07, 6.45) is 1.58. The highest BCUT2D eigenvalue weighted by molar-refractivity contribution is 6.39. The molecule has 1 amide bonds. The molecule has 108 valence electrons. The van der Waals surface area contributed by atoms with Crippen molar-refractivity contribution in [3.63, 3.8) is 0 Å². The number of hydrogen-bond acceptors (Lipinski definition) is 6. The lowest BCUT2D eigenvalue weighted by Crippen LogP contribution is -2.53. The first-order chi connectivity index (χ1) is 9.53. The van der Waals surface area contributed by atoms with Gasteiger partial charge in [0, 0.05) is 19.5 Å². The van der Waals surface area contributed by atoms with E-state index in [9.17, 15) is 19.8 Å². The van der Waals surface area contributed by atoms with Crippen molar-refractivity contribution in [3.05, 3.63) is 12.2 Å². The quantitative estimate of drug-likeness (QED) is 0.641. The molecule has 1 fully saturated rings. The van der Waals surface area contributed by atoms with Crippen molar-refractivity contribution in [1.29, 1.82) is 0 Å². The minimum absolute atomic E-state index is 0.0599. The summed E-state index contributed by atoms with van der Waals surface area (Å²) in [5.74, 6) is -0.780. The van der Waals surface area contributed by atoms with Gasteiger partial charge in [0.25, 0.3) is 5.91 Å². The molecular weight excluding hydrogens is 264 g/mol. The summed E-state index contributed by atoms with van der Waals surface area (Å²) in [6.45, 7) is 1.40. The Hall–Kier alpha value is -1.73. The van der Waals surface area contributed by atoms with Gasteiger partial charge >= 0.3 is 0 Å². The zero-order valence-electron chi connectivity index (χ0n) is 10.9. The monoisotopic (exact) mass is 280 g/mol. The van der Waals surface area contributed by atoms with Crippen molar-refractivity contribution in [2.24, 2.45) is 5.16 Å². The summed E-state index contributed by atoms with van der Waals surface area (Å²) in [4.78, 5) is 30.4. The Morgan fingerprint density at radius 2 is 2.10 bits per heavy atom. The molecule has 0 aromatic heterocycles. The molecule has 0 unspecified atom stereocenters. The van der Waals surface area contributed by atoms with Gasteiger partial charge in [0.15, 0.2) is 11.4 Å². The number of likely N-dealkylation sites (tertiary alicyclic amines) is 1. The maximum atomic E-state index is 12.2. The molecule has 7 heteroatoms. The van der Waals surface area contributed by atoms with Crippen molar-refractivity contribution in [2.45, 2.75) is 37.1 Å². The van der Waals surface area contributed by atoms with Crippen molar-refractivity contribution in [3.8, 4) is 0 Å². The van der Waals surface area contributed by atoms with Crippen LogP contribution in [0.5, 0.6) is 0 Å². The summed E-state index contributed by atoms with van der Waals surface area (Å²) in [6, 6.07) is 0. The molecule has 0 bridgehead atoms. The predicted octanol–water partition coefficient (Wildman–Crippen LogP) is -1.02. The number of hydrogen-bond donors (Lipinski definition) is 2. The molecule has 3 aliphatic rings. The largest absolute Gasteiger partial charge is 0.385 e. The molecule has 0 aromatic rings. The van der Waals surface area contributed by atoms with Crippen molar-refractivity contribution in [1.82, 2.24) is 4.90 Å². The number of amides is 1. The maximum absolute atomic E-state index is 12.2. The van der Waals surface area contributed by atoms with Gasteiger partial charge in [-0.1, -0.05) is 5.16 Å². The van der Waals surface area contributed by atoms with E-state index in [4.69, 9.17) is 4.84 Å². The topological polar surface area (TPSA) is 99.4 Å². The lowest BCUT2D eigenvalue weighted by molar-refractivity contribution is -0.149. The van der Waals surface area contributed by atoms with E-state index in [0.29, 0.717) is 13.1 Å². The van der Waals surface area contributed by atoms with E-state index in [1.165, 1.54) is 6.08 Å². The van der Waals surface area contributed by atoms with Crippen LogP contribution in [0.25, 0.3) is 0 Å². The molecule has 1 aliphatic carbocycles. The van der Waals surface area contributed by atoms with Crippen molar-refractivity contribution in [2.75, 3.05) is 13.1 Å². The fraction of sp³-hybridized carbons (Fsp3) is 0.615. The summed E-state index contributed by atoms with van der Waals surface area (Å²) in [7, 11) is 0. The van der Waals surface area contributed by atoms with Gasteiger partial charge in [-0.25, -0.2) is 0 Å². The second-order valence-electron chi connectivity index (χ2n) is 5.39. The van der Waals surface area contributed by atoms with Gasteiger partial charge in [0.2, 0.25) is 0 Å². The molecule has 3 atom stereocenters. The smallest absolute Gasteiger partial charge is 0.271 e. The number of carbonyl (C=O) groups excluding carboxylic acids is 2. The molecule has 20 heavy (non-hydrogen) atoms. The molecule has 2 heterocycles. The second kappa shape index (κ2) is 4.68. The van der Waals surface area contributed by atoms with Gasteiger partial charge in [-0.3, -0.25) is 9.59 Å². The molecule has 1 saturated heterocycles. The fourth-order valence-corrected chi connectivity index (χ4v) is 2.77. The van der Waals surface area contributed by atoms with Gasteiger partial charge in [0.1, 0.15) is 17.9 Å². The van der Waals surface area contributed by atoms with Crippen LogP contribution in [0, 0.1) is 0 Å². The standard InChI is InChI=1S/C13H16N2O5/c16-9-3-4-13(11(18)10(9)17)7-8(14-20-13)12(19)15-5-1-2-6-15/h3-4,10-11,17-18H,1-2,5-7H2/t10-,11-,13+/m0/s1. The lowest BCUT2D eigenvalue weighted by Gasteiger charge is -2.33. The van der Waals surface area contributed by atoms with Gasteiger partial charge in [-0.15, -0.1) is 0 Å². The second-order valence-corrected chi connectivity index (χ2v) is 5.39. The number of oxime groups is 1. The van der Waals surface area contributed by atoms with Gasteiger partial charge in [-0.2, -0.15) is 0 Å². The minimum Gasteiger partial charge on any atom is -0.385 e. The van der Waals surface area contributed by atoms with E-state index in [0.717, 1.165) is 18.9 Å². The Morgan fingerprint density at radius 3 is 2.80 bits per heavy atom. The highest BCUT2D eigenvalue weighted by Crippen LogP contribution is 2.34. The van der Waals surface area contributed by atoms with Crippen LogP contribution in [0.2, 0.25) is 0 Å². The molecule has 2 aliphatic heterocycles. The molecule has 7 nitrogen and oxygen atoms in total. The average Bonchev–Trinajstić information content (AvgIpc) is 3.11. The first-order valence-corrected chi connectivity index (χ1v) is 6.67. The Labute approximate surface area is 115 Å². The van der Waals surface area contributed by atoms with E-state index in [2.05, 4.69) is 5.16 Å². The van der Waals surface area contributed by atoms with Crippen LogP contribution in [-0.2, 0) is 14.4 Å². The highest BCUT2D eigenvalue weighted by Gasteiger charge is 2.52. The maximum Gasteiger partial charge on any atom is 0.271 e. The first-order valence-electron chi connectivity index (χ1n) is 6.67. The van der Waals surface area contributed by atoms with E-state index in [-0.39, 0.29) is 18.0 Å². The van der Waals surface area contributed by atoms with Crippen LogP contribution in [0.4, 0.5) is 0 Å². The van der Waals surface area contributed by atoms with Crippen LogP contribution in [-0.4, -0.2) is 63.4 Å². The van der Waals surface area contributed by atoms with Crippen LogP contribution < -0.4 is 0 Å². The van der Waals surface area contributed by atoms with Gasteiger partial charge in [0.05, 0.1) is 0 Å². The summed E-state index contributed by atoms with van der Waals surface area (Å²) in [5, 5.41) is 23.4. The van der Waals surface area contributed by atoms with Crippen LogP contribution in [0.15, 0.2) is 17.3 Å². The Bertz CT molecular complexity index is 509. The van der Waals surface area contributed by atoms with Crippen LogP contribution >= 0.6 is 0 Å². The molecule has 1 spiro atoms. The Balaban J connectivity index is 1.76. The van der Waals surface area contributed by atoms with E-state index >= 15 is 0 Å². The third-order valence-electron chi connectivity index (χ3n) is 4.03. The highest BCUT2D eigenvalue weighted by atomic mass is 16.7. The van der Waals surface area contributed by atoms with Gasteiger partial charge in [-0.05, 0) is 25.0 Å². The van der Waals surface area contributed by atoms with Crippen LogP contribution in [0.1, 0.15) is 19.3 Å². The first kappa shape index (κ1) is 13.3. The number of aliphatic hydroxyl groups excluding tert-OH is 2. The number of carbonyl (C=O) groups is 2. The Morgan fingerprint density at radius 1 is 1.40 bits per heavy atom. The van der Waals surface area contributed by atoms with Crippen molar-refractivity contribution < 1.29 is 24.6 Å². The lowest BCUT2D eigenvalue weighted by atomic mass is 9.82. The number of aliphatic hydroxyl groups is 2. The fourth-order valence-electron chi connectivity index (χ4n) is 2.77. The molecule has 2 N–H and O–H groups in total. The molecular formula is C13H16N2O5. The molecule has 0 saturated carbocycles. The number of rotatable bonds is 1. The molecule has 0 radical (unpaired) electrons. The summed E-state index contributed by atoms with van der Waals surface area (Å²) >= 11 is 0. The zero-order chi connectivity index (χ0) is 14.3. The third-order valence-corrected chi connectivity index (χ3v) is 4.03. The average molecular weight is 280 g/mol. The number of ketones is 1. The third kappa shape index (κ3) is 1.94. The van der Waals surface area contributed by atoms with E-state index in [1.54, 1.807) is 4.90 Å². The number of nitrogens with zero attached hydrogens (tertiary/aromatic N) is 2. The van der Waals surface area contributed by atoms with Crippen molar-refractivity contribution >= 4 is 17.4 Å².